The van der Waals surface area contributed by atoms with Crippen molar-refractivity contribution < 1.29 is 14.3 Å². The van der Waals surface area contributed by atoms with Crippen molar-refractivity contribution in [3.05, 3.63) is 48.5 Å². The zero-order valence-corrected chi connectivity index (χ0v) is 19.2. The van der Waals surface area contributed by atoms with Gasteiger partial charge in [0.25, 0.3) is 0 Å². The molecule has 0 saturated carbocycles. The minimum atomic E-state index is 0.0854. The van der Waals surface area contributed by atoms with Crippen molar-refractivity contribution in [3.63, 3.8) is 0 Å². The van der Waals surface area contributed by atoms with Gasteiger partial charge in [0, 0.05) is 24.3 Å². The summed E-state index contributed by atoms with van der Waals surface area (Å²) in [7, 11) is 1.64. The lowest BCUT2D eigenvalue weighted by Crippen LogP contribution is -2.31. The van der Waals surface area contributed by atoms with E-state index in [9.17, 15) is 4.79 Å². The molecule has 0 spiro atoms. The summed E-state index contributed by atoms with van der Waals surface area (Å²) in [6.07, 6.45) is 0. The van der Waals surface area contributed by atoms with Gasteiger partial charge < -0.3 is 14.4 Å². The Morgan fingerprint density at radius 1 is 0.968 bits per heavy atom. The fourth-order valence-electron chi connectivity index (χ4n) is 3.18. The van der Waals surface area contributed by atoms with Crippen molar-refractivity contribution in [3.8, 4) is 28.6 Å². The Morgan fingerprint density at radius 2 is 1.61 bits per heavy atom. The maximum Gasteiger partial charge on any atom is 0.233 e. The van der Waals surface area contributed by atoms with E-state index in [2.05, 4.69) is 10.2 Å². The molecule has 0 bridgehead atoms. The van der Waals surface area contributed by atoms with Gasteiger partial charge >= 0.3 is 0 Å². The van der Waals surface area contributed by atoms with E-state index in [0.29, 0.717) is 36.4 Å². The number of rotatable bonds is 10. The third-order valence-corrected chi connectivity index (χ3v) is 5.74. The molecule has 2 aromatic carbocycles. The topological polar surface area (TPSA) is 69.5 Å². The first-order chi connectivity index (χ1) is 15.1. The molecule has 0 radical (unpaired) electrons. The molecule has 3 rings (SSSR count). The molecule has 0 atom stereocenters. The molecule has 31 heavy (non-hydrogen) atoms. The van der Waals surface area contributed by atoms with Gasteiger partial charge in [0.2, 0.25) is 5.91 Å². The zero-order valence-electron chi connectivity index (χ0n) is 18.4. The maximum absolute atomic E-state index is 12.5. The predicted octanol–water partition coefficient (Wildman–Crippen LogP) is 4.30. The summed E-state index contributed by atoms with van der Waals surface area (Å²) in [5.74, 6) is 2.66. The predicted molar refractivity (Wildman–Crippen MR) is 123 cm³/mol. The molecule has 3 aromatic rings. The van der Waals surface area contributed by atoms with Gasteiger partial charge in [0.1, 0.15) is 11.5 Å². The number of benzene rings is 2. The number of carbonyl (C=O) groups is 1. The first kappa shape index (κ1) is 22.7. The second-order valence-corrected chi connectivity index (χ2v) is 7.59. The molecule has 0 aliphatic carbocycles. The van der Waals surface area contributed by atoms with Crippen LogP contribution in [0.1, 0.15) is 20.8 Å². The Balaban J connectivity index is 1.96. The van der Waals surface area contributed by atoms with Gasteiger partial charge in [-0.25, -0.2) is 0 Å². The highest BCUT2D eigenvalue weighted by Crippen LogP contribution is 2.30. The number of carbonyl (C=O) groups excluding carboxylic acids is 1. The van der Waals surface area contributed by atoms with Gasteiger partial charge in [-0.05, 0) is 69.3 Å². The van der Waals surface area contributed by atoms with E-state index in [1.54, 1.807) is 7.11 Å². The molecular formula is C23H28N4O3S. The largest absolute Gasteiger partial charge is 0.497 e. The molecule has 0 N–H and O–H groups in total. The van der Waals surface area contributed by atoms with Crippen LogP contribution in [-0.4, -0.2) is 58.1 Å². The van der Waals surface area contributed by atoms with Crippen molar-refractivity contribution in [2.45, 2.75) is 25.9 Å². The van der Waals surface area contributed by atoms with Gasteiger partial charge in [-0.3, -0.25) is 9.36 Å². The minimum Gasteiger partial charge on any atom is -0.497 e. The Kier molecular flexibility index (Phi) is 7.94. The van der Waals surface area contributed by atoms with E-state index in [1.807, 2.05) is 78.8 Å². The smallest absolute Gasteiger partial charge is 0.233 e. The Hall–Kier alpha value is -3.00. The maximum atomic E-state index is 12.5. The summed E-state index contributed by atoms with van der Waals surface area (Å²) >= 11 is 1.39. The molecule has 0 aliphatic rings. The number of hydrogen-bond acceptors (Lipinski definition) is 6. The number of nitrogens with zero attached hydrogens (tertiary/aromatic N) is 4. The second-order valence-electron chi connectivity index (χ2n) is 6.65. The number of aromatic nitrogens is 3. The van der Waals surface area contributed by atoms with Crippen molar-refractivity contribution >= 4 is 17.7 Å². The quantitative estimate of drug-likeness (QED) is 0.438. The van der Waals surface area contributed by atoms with Crippen LogP contribution in [0.4, 0.5) is 0 Å². The van der Waals surface area contributed by atoms with Crippen LogP contribution in [0.15, 0.2) is 53.7 Å². The molecule has 0 unspecified atom stereocenters. The normalized spacial score (nSPS) is 10.7. The van der Waals surface area contributed by atoms with Crippen molar-refractivity contribution in [2.75, 3.05) is 32.6 Å². The summed E-state index contributed by atoms with van der Waals surface area (Å²) in [5.41, 5.74) is 1.81. The number of ether oxygens (including phenoxy) is 2. The van der Waals surface area contributed by atoms with E-state index in [-0.39, 0.29) is 5.91 Å². The molecule has 0 saturated heterocycles. The van der Waals surface area contributed by atoms with E-state index < -0.39 is 0 Å². The molecule has 0 aliphatic heterocycles. The Bertz CT molecular complexity index is 983. The molecule has 8 heteroatoms. The third kappa shape index (κ3) is 5.38. The average molecular weight is 441 g/mol. The lowest BCUT2D eigenvalue weighted by Gasteiger charge is -2.18. The Morgan fingerprint density at radius 3 is 2.19 bits per heavy atom. The van der Waals surface area contributed by atoms with Crippen LogP contribution in [0.5, 0.6) is 11.5 Å². The molecule has 1 amide bonds. The SMILES string of the molecule is CCOc1ccc(-n2c(SCC(=O)N(CC)CC)nnc2-c2ccc(OC)cc2)cc1. The summed E-state index contributed by atoms with van der Waals surface area (Å²) in [6, 6.07) is 15.5. The molecule has 0 fully saturated rings. The summed E-state index contributed by atoms with van der Waals surface area (Å²) in [6.45, 7) is 7.92. The highest BCUT2D eigenvalue weighted by Gasteiger charge is 2.19. The molecule has 1 aromatic heterocycles. The van der Waals surface area contributed by atoms with Crippen molar-refractivity contribution in [1.82, 2.24) is 19.7 Å². The molecule has 7 nitrogen and oxygen atoms in total. The van der Waals surface area contributed by atoms with Crippen LogP contribution in [0.2, 0.25) is 0 Å². The number of thioether (sulfide) groups is 1. The molecule has 1 heterocycles. The monoisotopic (exact) mass is 440 g/mol. The first-order valence-corrected chi connectivity index (χ1v) is 11.3. The average Bonchev–Trinajstić information content (AvgIpc) is 3.23. The van der Waals surface area contributed by atoms with E-state index in [4.69, 9.17) is 9.47 Å². The van der Waals surface area contributed by atoms with Gasteiger partial charge in [-0.15, -0.1) is 10.2 Å². The number of hydrogen-bond donors (Lipinski definition) is 0. The third-order valence-electron chi connectivity index (χ3n) is 4.83. The summed E-state index contributed by atoms with van der Waals surface area (Å²) < 4.78 is 12.8. The summed E-state index contributed by atoms with van der Waals surface area (Å²) in [5, 5.41) is 9.49. The van der Waals surface area contributed by atoms with Gasteiger partial charge in [0.05, 0.1) is 19.5 Å². The minimum absolute atomic E-state index is 0.0854. The lowest BCUT2D eigenvalue weighted by atomic mass is 10.2. The Labute approximate surface area is 187 Å². The van der Waals surface area contributed by atoms with E-state index >= 15 is 0 Å². The van der Waals surface area contributed by atoms with Crippen LogP contribution >= 0.6 is 11.8 Å². The van der Waals surface area contributed by atoms with Crippen LogP contribution < -0.4 is 9.47 Å². The van der Waals surface area contributed by atoms with Crippen LogP contribution in [0.25, 0.3) is 17.1 Å². The fourth-order valence-corrected chi connectivity index (χ4v) is 4.03. The van der Waals surface area contributed by atoms with Crippen molar-refractivity contribution in [2.24, 2.45) is 0 Å². The highest BCUT2D eigenvalue weighted by molar-refractivity contribution is 7.99. The van der Waals surface area contributed by atoms with Crippen molar-refractivity contribution in [1.29, 1.82) is 0 Å². The van der Waals surface area contributed by atoms with Crippen LogP contribution in [-0.2, 0) is 4.79 Å². The molecule has 164 valence electrons. The van der Waals surface area contributed by atoms with Gasteiger partial charge in [-0.2, -0.15) is 0 Å². The van der Waals surface area contributed by atoms with Gasteiger partial charge in [-0.1, -0.05) is 11.8 Å². The van der Waals surface area contributed by atoms with E-state index in [0.717, 1.165) is 22.7 Å². The number of amides is 1. The second kappa shape index (κ2) is 10.9. The summed E-state index contributed by atoms with van der Waals surface area (Å²) in [4.78, 5) is 14.3. The first-order valence-electron chi connectivity index (χ1n) is 10.3. The van der Waals surface area contributed by atoms with Crippen LogP contribution in [0.3, 0.4) is 0 Å². The lowest BCUT2D eigenvalue weighted by molar-refractivity contribution is -0.127. The number of methoxy groups -OCH3 is 1. The van der Waals surface area contributed by atoms with Gasteiger partial charge in [0.15, 0.2) is 11.0 Å². The van der Waals surface area contributed by atoms with E-state index in [1.165, 1.54) is 11.8 Å². The highest BCUT2D eigenvalue weighted by atomic mass is 32.2. The standard InChI is InChI=1S/C23H28N4O3S/c1-5-26(6-2)21(28)16-31-23-25-24-22(17-8-12-19(29-4)13-9-17)27(23)18-10-14-20(15-11-18)30-7-3/h8-15H,5-7,16H2,1-4H3. The zero-order chi connectivity index (χ0) is 22.2. The molecular weight excluding hydrogens is 412 g/mol. The van der Waals surface area contributed by atoms with Crippen LogP contribution in [0, 0.1) is 0 Å². The fraction of sp³-hybridized carbons (Fsp3) is 0.348.